The number of aromatic nitrogens is 1. The number of nitrogens with zero attached hydrogens (tertiary/aromatic N) is 1. The summed E-state index contributed by atoms with van der Waals surface area (Å²) in [6.07, 6.45) is 5.43. The third-order valence-corrected chi connectivity index (χ3v) is 4.04. The van der Waals surface area contributed by atoms with Gasteiger partial charge in [-0.05, 0) is 55.5 Å². The lowest BCUT2D eigenvalue weighted by molar-refractivity contribution is 0.0695. The van der Waals surface area contributed by atoms with Gasteiger partial charge in [-0.2, -0.15) is 0 Å². The molecule has 0 saturated heterocycles. The zero-order chi connectivity index (χ0) is 17.0. The molecule has 23 heavy (non-hydrogen) atoms. The molecule has 3 heteroatoms. The van der Waals surface area contributed by atoms with Crippen molar-refractivity contribution in [3.05, 3.63) is 58.3 Å². The Kier molecular flexibility index (Phi) is 5.32. The average Bonchev–Trinajstić information content (AvgIpc) is 2.53. The molecule has 0 unspecified atom stereocenters. The molecule has 0 atom stereocenters. The minimum atomic E-state index is -0.936. The molecule has 0 saturated carbocycles. The van der Waals surface area contributed by atoms with Gasteiger partial charge >= 0.3 is 5.97 Å². The summed E-state index contributed by atoms with van der Waals surface area (Å²) >= 11 is 0. The summed E-state index contributed by atoms with van der Waals surface area (Å²) in [5.41, 5.74) is 6.01. The molecular weight excluding hydrogens is 286 g/mol. The topological polar surface area (TPSA) is 50.2 Å². The lowest BCUT2D eigenvalue weighted by Gasteiger charge is -2.15. The van der Waals surface area contributed by atoms with E-state index in [0.717, 1.165) is 29.7 Å². The van der Waals surface area contributed by atoms with Crippen LogP contribution in [0, 0.1) is 6.92 Å². The van der Waals surface area contributed by atoms with Crippen LogP contribution in [-0.4, -0.2) is 16.1 Å². The van der Waals surface area contributed by atoms with Gasteiger partial charge in [0.25, 0.3) is 0 Å². The van der Waals surface area contributed by atoms with Crippen molar-refractivity contribution in [2.45, 2.75) is 40.5 Å². The summed E-state index contributed by atoms with van der Waals surface area (Å²) in [4.78, 5) is 16.2. The molecule has 0 fully saturated rings. The monoisotopic (exact) mass is 309 g/mol. The minimum absolute atomic E-state index is 0.277. The van der Waals surface area contributed by atoms with Crippen molar-refractivity contribution in [3.63, 3.8) is 0 Å². The van der Waals surface area contributed by atoms with Gasteiger partial charge in [0, 0.05) is 5.56 Å². The smallest absolute Gasteiger partial charge is 0.338 e. The molecule has 0 radical (unpaired) electrons. The molecule has 2 rings (SSSR count). The Balaban J connectivity index is 2.78. The fourth-order valence-electron chi connectivity index (χ4n) is 2.95. The van der Waals surface area contributed by atoms with E-state index in [9.17, 15) is 9.90 Å². The van der Waals surface area contributed by atoms with Crippen LogP contribution in [0.25, 0.3) is 17.3 Å². The molecular formula is C20H23NO2. The molecule has 2 aromatic rings. The Labute approximate surface area is 137 Å². The van der Waals surface area contributed by atoms with Crippen molar-refractivity contribution < 1.29 is 9.90 Å². The third-order valence-electron chi connectivity index (χ3n) is 4.04. The molecule has 0 spiro atoms. The maximum absolute atomic E-state index is 11.5. The molecule has 0 amide bonds. The Bertz CT molecular complexity index is 738. The second-order valence-electron chi connectivity index (χ2n) is 5.55. The van der Waals surface area contributed by atoms with Crippen LogP contribution in [0.2, 0.25) is 0 Å². The van der Waals surface area contributed by atoms with E-state index in [2.05, 4.69) is 37.0 Å². The third kappa shape index (κ3) is 3.34. The molecule has 120 valence electrons. The summed E-state index contributed by atoms with van der Waals surface area (Å²) < 4.78 is 0. The molecule has 3 nitrogen and oxygen atoms in total. The predicted molar refractivity (Wildman–Crippen MR) is 94.8 cm³/mol. The predicted octanol–water partition coefficient (Wildman–Crippen LogP) is 4.91. The summed E-state index contributed by atoms with van der Waals surface area (Å²) in [6.45, 7) is 7.96. The lowest BCUT2D eigenvalue weighted by atomic mass is 9.93. The van der Waals surface area contributed by atoms with Crippen LogP contribution in [0.15, 0.2) is 30.3 Å². The Morgan fingerprint density at radius 3 is 2.30 bits per heavy atom. The molecule has 0 aliphatic heterocycles. The maximum atomic E-state index is 11.5. The number of rotatable bonds is 5. The number of allylic oxidation sites excluding steroid dienone is 1. The number of carboxylic acid groups (broad SMARTS) is 1. The van der Waals surface area contributed by atoms with Crippen LogP contribution in [0.3, 0.4) is 0 Å². The van der Waals surface area contributed by atoms with E-state index in [-0.39, 0.29) is 5.56 Å². The highest BCUT2D eigenvalue weighted by Crippen LogP contribution is 2.30. The summed E-state index contributed by atoms with van der Waals surface area (Å²) in [5, 5.41) is 9.46. The van der Waals surface area contributed by atoms with Crippen LogP contribution in [-0.2, 0) is 12.8 Å². The van der Waals surface area contributed by atoms with Gasteiger partial charge in [0.1, 0.15) is 0 Å². The number of aromatic carboxylic acids is 1. The van der Waals surface area contributed by atoms with Gasteiger partial charge in [-0.3, -0.25) is 0 Å². The number of aryl methyl sites for hydroxylation is 3. The molecule has 0 aliphatic carbocycles. The molecule has 0 bridgehead atoms. The van der Waals surface area contributed by atoms with Crippen molar-refractivity contribution in [1.82, 2.24) is 4.98 Å². The Morgan fingerprint density at radius 1 is 1.22 bits per heavy atom. The van der Waals surface area contributed by atoms with Crippen molar-refractivity contribution in [3.8, 4) is 11.3 Å². The van der Waals surface area contributed by atoms with Gasteiger partial charge in [0.05, 0.1) is 17.0 Å². The van der Waals surface area contributed by atoms with Gasteiger partial charge < -0.3 is 5.11 Å². The number of pyridine rings is 1. The van der Waals surface area contributed by atoms with Gasteiger partial charge in [0.2, 0.25) is 0 Å². The Morgan fingerprint density at radius 2 is 1.83 bits per heavy atom. The van der Waals surface area contributed by atoms with E-state index in [4.69, 9.17) is 0 Å². The van der Waals surface area contributed by atoms with Crippen molar-refractivity contribution >= 4 is 12.0 Å². The number of hydrogen-bond donors (Lipinski definition) is 1. The standard InChI is InChI=1S/C20H23NO2/c1-5-9-16-18(20(22)23)13(4)12-17(21-16)19-14(6-2)10-8-11-15(19)7-3/h5,8-12H,6-7H2,1-4H3,(H,22,23). The van der Waals surface area contributed by atoms with E-state index in [0.29, 0.717) is 5.69 Å². The van der Waals surface area contributed by atoms with Gasteiger partial charge in [-0.1, -0.05) is 38.1 Å². The van der Waals surface area contributed by atoms with Crippen LogP contribution < -0.4 is 0 Å². The maximum Gasteiger partial charge on any atom is 0.338 e. The van der Waals surface area contributed by atoms with Gasteiger partial charge in [0.15, 0.2) is 0 Å². The van der Waals surface area contributed by atoms with E-state index in [1.807, 2.05) is 26.0 Å². The summed E-state index contributed by atoms with van der Waals surface area (Å²) in [6, 6.07) is 8.20. The number of hydrogen-bond acceptors (Lipinski definition) is 2. The van der Waals surface area contributed by atoms with Gasteiger partial charge in [-0.15, -0.1) is 0 Å². The highest BCUT2D eigenvalue weighted by molar-refractivity contribution is 5.93. The van der Waals surface area contributed by atoms with Crippen LogP contribution in [0.5, 0.6) is 0 Å². The molecule has 1 aromatic heterocycles. The zero-order valence-electron chi connectivity index (χ0n) is 14.2. The van der Waals surface area contributed by atoms with Crippen LogP contribution in [0.4, 0.5) is 0 Å². The molecule has 1 aromatic carbocycles. The normalized spacial score (nSPS) is 11.1. The fourth-order valence-corrected chi connectivity index (χ4v) is 2.95. The lowest BCUT2D eigenvalue weighted by Crippen LogP contribution is -2.07. The highest BCUT2D eigenvalue weighted by Gasteiger charge is 2.17. The number of benzene rings is 1. The highest BCUT2D eigenvalue weighted by atomic mass is 16.4. The second kappa shape index (κ2) is 7.23. The van der Waals surface area contributed by atoms with Crippen molar-refractivity contribution in [1.29, 1.82) is 0 Å². The zero-order valence-corrected chi connectivity index (χ0v) is 14.2. The van der Waals surface area contributed by atoms with Gasteiger partial charge in [-0.25, -0.2) is 9.78 Å². The number of carboxylic acids is 1. The quantitative estimate of drug-likeness (QED) is 0.853. The molecule has 1 heterocycles. The summed E-state index contributed by atoms with van der Waals surface area (Å²) in [7, 11) is 0. The first-order valence-corrected chi connectivity index (χ1v) is 8.02. The van der Waals surface area contributed by atoms with Crippen LogP contribution in [0.1, 0.15) is 53.5 Å². The number of carbonyl (C=O) groups is 1. The Hall–Kier alpha value is -2.42. The largest absolute Gasteiger partial charge is 0.478 e. The molecule has 1 N–H and O–H groups in total. The van der Waals surface area contributed by atoms with E-state index >= 15 is 0 Å². The van der Waals surface area contributed by atoms with Crippen LogP contribution >= 0.6 is 0 Å². The summed E-state index contributed by atoms with van der Waals surface area (Å²) in [5.74, 6) is -0.936. The first-order chi connectivity index (χ1) is 11.0. The SMILES string of the molecule is CC=Cc1nc(-c2c(CC)cccc2CC)cc(C)c1C(=O)O. The van der Waals surface area contributed by atoms with E-state index in [1.54, 1.807) is 6.08 Å². The second-order valence-corrected chi connectivity index (χ2v) is 5.55. The first-order valence-electron chi connectivity index (χ1n) is 8.02. The van der Waals surface area contributed by atoms with E-state index in [1.165, 1.54) is 11.1 Å². The fraction of sp³-hybridized carbons (Fsp3) is 0.300. The average molecular weight is 309 g/mol. The molecule has 0 aliphatic rings. The minimum Gasteiger partial charge on any atom is -0.478 e. The van der Waals surface area contributed by atoms with Crippen molar-refractivity contribution in [2.24, 2.45) is 0 Å². The van der Waals surface area contributed by atoms with Crippen molar-refractivity contribution in [2.75, 3.05) is 0 Å². The van der Waals surface area contributed by atoms with E-state index < -0.39 is 5.97 Å². The first kappa shape index (κ1) is 16.9.